The number of unbranched alkanes of at least 4 members (excludes halogenated alkanes) is 1. The van der Waals surface area contributed by atoms with Crippen molar-refractivity contribution in [3.63, 3.8) is 0 Å². The van der Waals surface area contributed by atoms with Crippen molar-refractivity contribution in [1.82, 2.24) is 10.0 Å². The van der Waals surface area contributed by atoms with Gasteiger partial charge in [0.15, 0.2) is 0 Å². The zero-order chi connectivity index (χ0) is 15.6. The van der Waals surface area contributed by atoms with Crippen molar-refractivity contribution in [2.75, 3.05) is 40.5 Å². The van der Waals surface area contributed by atoms with E-state index in [1.807, 2.05) is 0 Å². The van der Waals surface area contributed by atoms with Gasteiger partial charge in [-0.05, 0) is 38.6 Å². The summed E-state index contributed by atoms with van der Waals surface area (Å²) in [6, 6.07) is 3.11. The Bertz CT molecular complexity index is 487. The van der Waals surface area contributed by atoms with Crippen molar-refractivity contribution in [2.45, 2.75) is 24.5 Å². The molecule has 0 aliphatic rings. The van der Waals surface area contributed by atoms with Crippen LogP contribution < -0.4 is 10.0 Å². The van der Waals surface area contributed by atoms with E-state index in [9.17, 15) is 8.42 Å². The van der Waals surface area contributed by atoms with Crippen molar-refractivity contribution in [3.05, 3.63) is 17.9 Å². The highest BCUT2D eigenvalue weighted by Gasteiger charge is 2.15. The lowest BCUT2D eigenvalue weighted by Crippen LogP contribution is -2.18. The molecule has 0 saturated carbocycles. The van der Waals surface area contributed by atoms with Gasteiger partial charge in [-0.3, -0.25) is 0 Å². The molecule has 0 atom stereocenters. The SMILES string of the molecule is CNS(=O)(=O)c1ccc(CNCCCCOCCOC)o1. The summed E-state index contributed by atoms with van der Waals surface area (Å²) in [6.07, 6.45) is 1.95. The van der Waals surface area contributed by atoms with Gasteiger partial charge in [0.2, 0.25) is 5.09 Å². The van der Waals surface area contributed by atoms with E-state index in [-0.39, 0.29) is 5.09 Å². The Kier molecular flexibility index (Phi) is 8.55. The third-order valence-electron chi connectivity index (χ3n) is 2.79. The maximum absolute atomic E-state index is 11.5. The predicted molar refractivity (Wildman–Crippen MR) is 78.6 cm³/mol. The van der Waals surface area contributed by atoms with E-state index in [2.05, 4.69) is 10.0 Å². The molecule has 1 rings (SSSR count). The minimum absolute atomic E-state index is 0.0617. The van der Waals surface area contributed by atoms with Gasteiger partial charge >= 0.3 is 0 Å². The van der Waals surface area contributed by atoms with Crippen LogP contribution in [-0.2, 0) is 26.0 Å². The summed E-state index contributed by atoms with van der Waals surface area (Å²) in [7, 11) is -0.499. The number of nitrogens with one attached hydrogen (secondary N) is 2. The number of rotatable bonds is 12. The Morgan fingerprint density at radius 1 is 1.19 bits per heavy atom. The fourth-order valence-electron chi connectivity index (χ4n) is 1.61. The summed E-state index contributed by atoms with van der Waals surface area (Å²) in [5.74, 6) is 0.597. The molecule has 0 saturated heterocycles. The highest BCUT2D eigenvalue weighted by Crippen LogP contribution is 2.13. The molecule has 8 heteroatoms. The van der Waals surface area contributed by atoms with Gasteiger partial charge in [-0.1, -0.05) is 0 Å². The summed E-state index contributed by atoms with van der Waals surface area (Å²) in [6.45, 7) is 3.29. The average molecular weight is 320 g/mol. The molecule has 122 valence electrons. The lowest BCUT2D eigenvalue weighted by atomic mass is 10.3. The molecule has 0 fully saturated rings. The van der Waals surface area contributed by atoms with E-state index in [1.165, 1.54) is 13.1 Å². The predicted octanol–water partition coefficient (Wildman–Crippen LogP) is 0.721. The maximum Gasteiger partial charge on any atom is 0.273 e. The van der Waals surface area contributed by atoms with Crippen LogP contribution in [0.1, 0.15) is 18.6 Å². The molecule has 0 aromatic carbocycles. The Balaban J connectivity index is 2.11. The van der Waals surface area contributed by atoms with E-state index < -0.39 is 10.0 Å². The zero-order valence-electron chi connectivity index (χ0n) is 12.6. The van der Waals surface area contributed by atoms with E-state index in [0.29, 0.717) is 25.5 Å². The maximum atomic E-state index is 11.5. The Labute approximate surface area is 126 Å². The third-order valence-corrected chi connectivity index (χ3v) is 4.08. The van der Waals surface area contributed by atoms with Crippen molar-refractivity contribution in [1.29, 1.82) is 0 Å². The molecule has 21 heavy (non-hydrogen) atoms. The summed E-state index contributed by atoms with van der Waals surface area (Å²) in [4.78, 5) is 0. The Morgan fingerprint density at radius 2 is 2.00 bits per heavy atom. The first-order valence-electron chi connectivity index (χ1n) is 6.90. The van der Waals surface area contributed by atoms with Crippen molar-refractivity contribution >= 4 is 10.0 Å². The van der Waals surface area contributed by atoms with Crippen LogP contribution in [0, 0.1) is 0 Å². The van der Waals surface area contributed by atoms with Gasteiger partial charge in [-0.25, -0.2) is 13.1 Å². The number of sulfonamides is 1. The van der Waals surface area contributed by atoms with Crippen LogP contribution in [0.4, 0.5) is 0 Å². The largest absolute Gasteiger partial charge is 0.447 e. The molecule has 7 nitrogen and oxygen atoms in total. The lowest BCUT2D eigenvalue weighted by molar-refractivity contribution is 0.0688. The van der Waals surface area contributed by atoms with Crippen molar-refractivity contribution in [3.8, 4) is 0 Å². The third kappa shape index (κ3) is 7.05. The smallest absolute Gasteiger partial charge is 0.273 e. The lowest BCUT2D eigenvalue weighted by Gasteiger charge is -2.04. The molecule has 2 N–H and O–H groups in total. The molecular formula is C13H24N2O5S. The molecule has 0 aliphatic heterocycles. The van der Waals surface area contributed by atoms with Crippen LogP contribution in [0.2, 0.25) is 0 Å². The van der Waals surface area contributed by atoms with Crippen LogP contribution >= 0.6 is 0 Å². The van der Waals surface area contributed by atoms with E-state index >= 15 is 0 Å². The van der Waals surface area contributed by atoms with E-state index in [1.54, 1.807) is 13.2 Å². The fraction of sp³-hybridized carbons (Fsp3) is 0.692. The Morgan fingerprint density at radius 3 is 2.71 bits per heavy atom. The molecular weight excluding hydrogens is 296 g/mol. The summed E-state index contributed by atoms with van der Waals surface area (Å²) >= 11 is 0. The average Bonchev–Trinajstić information content (AvgIpc) is 2.95. The topological polar surface area (TPSA) is 89.8 Å². The van der Waals surface area contributed by atoms with E-state index in [0.717, 1.165) is 26.0 Å². The number of hydrogen-bond donors (Lipinski definition) is 2. The number of hydrogen-bond acceptors (Lipinski definition) is 6. The van der Waals surface area contributed by atoms with Crippen LogP contribution in [0.15, 0.2) is 21.6 Å². The molecule has 0 unspecified atom stereocenters. The molecule has 0 bridgehead atoms. The molecule has 1 heterocycles. The summed E-state index contributed by atoms with van der Waals surface area (Å²) < 4.78 is 40.7. The zero-order valence-corrected chi connectivity index (χ0v) is 13.4. The van der Waals surface area contributed by atoms with Crippen molar-refractivity contribution in [2.24, 2.45) is 0 Å². The second kappa shape index (κ2) is 9.91. The number of ether oxygens (including phenoxy) is 2. The van der Waals surface area contributed by atoms with Gasteiger partial charge in [0, 0.05) is 13.7 Å². The minimum atomic E-state index is -3.50. The van der Waals surface area contributed by atoms with E-state index in [4.69, 9.17) is 13.9 Å². The molecule has 0 aliphatic carbocycles. The first kappa shape index (κ1) is 18.1. The van der Waals surface area contributed by atoms with Gasteiger partial charge in [0.05, 0.1) is 19.8 Å². The second-order valence-electron chi connectivity index (χ2n) is 4.42. The summed E-state index contributed by atoms with van der Waals surface area (Å²) in [5, 5.41) is 3.14. The number of methoxy groups -OCH3 is 1. The van der Waals surface area contributed by atoms with Crippen LogP contribution in [0.25, 0.3) is 0 Å². The molecule has 1 aromatic heterocycles. The standard InChI is InChI=1S/C13H24N2O5S/c1-14-21(16,17)13-6-5-12(20-13)11-15-7-3-4-8-19-10-9-18-2/h5-6,14-15H,3-4,7-11H2,1-2H3. The minimum Gasteiger partial charge on any atom is -0.447 e. The highest BCUT2D eigenvalue weighted by molar-refractivity contribution is 7.89. The highest BCUT2D eigenvalue weighted by atomic mass is 32.2. The van der Waals surface area contributed by atoms with Gasteiger partial charge in [0.1, 0.15) is 5.76 Å². The second-order valence-corrected chi connectivity index (χ2v) is 6.23. The molecule has 0 spiro atoms. The van der Waals surface area contributed by atoms with Crippen LogP contribution in [0.3, 0.4) is 0 Å². The first-order valence-corrected chi connectivity index (χ1v) is 8.38. The van der Waals surface area contributed by atoms with Crippen LogP contribution in [-0.4, -0.2) is 48.9 Å². The quantitative estimate of drug-likeness (QED) is 0.552. The fourth-order valence-corrected chi connectivity index (χ4v) is 2.27. The van der Waals surface area contributed by atoms with Gasteiger partial charge in [-0.2, -0.15) is 0 Å². The van der Waals surface area contributed by atoms with Crippen LogP contribution in [0.5, 0.6) is 0 Å². The molecule has 1 aromatic rings. The number of furan rings is 1. The molecule has 0 amide bonds. The molecule has 0 radical (unpaired) electrons. The van der Waals surface area contributed by atoms with Gasteiger partial charge in [0.25, 0.3) is 10.0 Å². The van der Waals surface area contributed by atoms with Gasteiger partial charge in [-0.15, -0.1) is 0 Å². The normalized spacial score (nSPS) is 11.9. The van der Waals surface area contributed by atoms with Crippen molar-refractivity contribution < 1.29 is 22.3 Å². The van der Waals surface area contributed by atoms with Gasteiger partial charge < -0.3 is 19.2 Å². The Hall–Kier alpha value is -0.930. The monoisotopic (exact) mass is 320 g/mol. The summed E-state index contributed by atoms with van der Waals surface area (Å²) in [5.41, 5.74) is 0. The first-order chi connectivity index (χ1) is 10.1.